The fraction of sp³-hybridized carbons (Fsp3) is 0.263. The smallest absolute Gasteiger partial charge is 0.243 e. The van der Waals surface area contributed by atoms with E-state index in [1.165, 1.54) is 22.5 Å². The van der Waals surface area contributed by atoms with Gasteiger partial charge in [0.2, 0.25) is 10.0 Å². The van der Waals surface area contributed by atoms with E-state index >= 15 is 0 Å². The Bertz CT molecular complexity index is 1010. The summed E-state index contributed by atoms with van der Waals surface area (Å²) >= 11 is 0. The van der Waals surface area contributed by atoms with Gasteiger partial charge in [0.1, 0.15) is 5.82 Å². The first-order valence-corrected chi connectivity index (χ1v) is 9.73. The molecule has 1 saturated heterocycles. The quantitative estimate of drug-likeness (QED) is 0.774. The zero-order chi connectivity index (χ0) is 17.6. The van der Waals surface area contributed by atoms with Crippen LogP contribution in [0.4, 0.5) is 4.39 Å². The van der Waals surface area contributed by atoms with E-state index in [1.54, 1.807) is 6.92 Å². The number of hydrogen-bond donors (Lipinski definition) is 1. The van der Waals surface area contributed by atoms with E-state index in [0.29, 0.717) is 18.7 Å². The highest BCUT2D eigenvalue weighted by molar-refractivity contribution is 7.89. The number of rotatable bonds is 3. The molecular weight excluding hydrogens is 339 g/mol. The van der Waals surface area contributed by atoms with E-state index in [-0.39, 0.29) is 10.8 Å². The van der Waals surface area contributed by atoms with Gasteiger partial charge in [-0.1, -0.05) is 18.2 Å². The zero-order valence-corrected chi connectivity index (χ0v) is 14.7. The van der Waals surface area contributed by atoms with Crippen LogP contribution in [0.15, 0.2) is 53.4 Å². The summed E-state index contributed by atoms with van der Waals surface area (Å²) < 4.78 is 40.6. The Labute approximate surface area is 146 Å². The van der Waals surface area contributed by atoms with Gasteiger partial charge in [0, 0.05) is 30.2 Å². The lowest BCUT2D eigenvalue weighted by Crippen LogP contribution is -2.29. The van der Waals surface area contributed by atoms with Gasteiger partial charge in [0.05, 0.1) is 4.90 Å². The first-order chi connectivity index (χ1) is 11.9. The fourth-order valence-electron chi connectivity index (χ4n) is 3.56. The van der Waals surface area contributed by atoms with Gasteiger partial charge < -0.3 is 4.98 Å². The molecule has 2 aromatic carbocycles. The molecule has 4 rings (SSSR count). The van der Waals surface area contributed by atoms with Gasteiger partial charge in [-0.2, -0.15) is 4.31 Å². The predicted octanol–water partition coefficient (Wildman–Crippen LogP) is 3.79. The minimum Gasteiger partial charge on any atom is -0.358 e. The van der Waals surface area contributed by atoms with E-state index in [9.17, 15) is 12.8 Å². The highest BCUT2D eigenvalue weighted by Gasteiger charge is 2.34. The molecule has 0 bridgehead atoms. The number of sulfonamides is 1. The van der Waals surface area contributed by atoms with Gasteiger partial charge in [-0.15, -0.1) is 0 Å². The van der Waals surface area contributed by atoms with Crippen LogP contribution in [0.2, 0.25) is 0 Å². The Hall–Kier alpha value is -2.18. The number of nitrogens with one attached hydrogen (secondary N) is 1. The Morgan fingerprint density at radius 1 is 1.16 bits per heavy atom. The Balaban J connectivity index is 1.61. The lowest BCUT2D eigenvalue weighted by molar-refractivity contribution is 0.471. The molecule has 0 amide bonds. The Morgan fingerprint density at radius 3 is 2.72 bits per heavy atom. The monoisotopic (exact) mass is 358 g/mol. The number of nitrogens with zero attached hydrogens (tertiary/aromatic N) is 1. The number of halogens is 1. The van der Waals surface area contributed by atoms with Crippen molar-refractivity contribution < 1.29 is 12.8 Å². The van der Waals surface area contributed by atoms with Gasteiger partial charge in [0.25, 0.3) is 0 Å². The minimum atomic E-state index is -3.60. The molecule has 0 saturated carbocycles. The molecule has 4 nitrogen and oxygen atoms in total. The summed E-state index contributed by atoms with van der Waals surface area (Å²) in [5.74, 6) is -0.281. The highest BCUT2D eigenvalue weighted by atomic mass is 32.2. The number of aryl methyl sites for hydroxylation is 1. The molecule has 1 aliphatic heterocycles. The van der Waals surface area contributed by atoms with Crippen molar-refractivity contribution in [1.82, 2.24) is 9.29 Å². The van der Waals surface area contributed by atoms with Gasteiger partial charge >= 0.3 is 0 Å². The summed E-state index contributed by atoms with van der Waals surface area (Å²) in [4.78, 5) is 3.58. The van der Waals surface area contributed by atoms with E-state index in [0.717, 1.165) is 23.0 Å². The summed E-state index contributed by atoms with van der Waals surface area (Å²) in [5.41, 5.74) is 2.57. The topological polar surface area (TPSA) is 53.2 Å². The molecule has 1 atom stereocenters. The fourth-order valence-corrected chi connectivity index (χ4v) is 5.26. The van der Waals surface area contributed by atoms with Crippen LogP contribution in [0.3, 0.4) is 0 Å². The van der Waals surface area contributed by atoms with Crippen molar-refractivity contribution in [2.24, 2.45) is 0 Å². The number of H-pyrrole nitrogens is 1. The number of hydrogen-bond acceptors (Lipinski definition) is 2. The zero-order valence-electron chi connectivity index (χ0n) is 13.9. The van der Waals surface area contributed by atoms with Crippen LogP contribution >= 0.6 is 0 Å². The number of aromatic nitrogens is 1. The summed E-state index contributed by atoms with van der Waals surface area (Å²) in [5, 5.41) is 1.13. The number of fused-ring (bicyclic) bond motifs is 1. The Kier molecular flexibility index (Phi) is 3.89. The molecule has 2 heterocycles. The summed E-state index contributed by atoms with van der Waals surface area (Å²) in [7, 11) is -3.60. The minimum absolute atomic E-state index is 0.142. The molecule has 1 unspecified atom stereocenters. The summed E-state index contributed by atoms with van der Waals surface area (Å²) in [6, 6.07) is 13.9. The average Bonchev–Trinajstić information content (AvgIpc) is 3.21. The SMILES string of the molecule is Cc1cc(F)ccc1S(=O)(=O)N1CCC(c2cc3ccccc3[nH]2)C1. The summed E-state index contributed by atoms with van der Waals surface area (Å²) in [6.07, 6.45) is 0.770. The van der Waals surface area contributed by atoms with Crippen LogP contribution in [-0.2, 0) is 10.0 Å². The molecule has 1 aromatic heterocycles. The van der Waals surface area contributed by atoms with Gasteiger partial charge in [-0.05, 0) is 54.6 Å². The predicted molar refractivity (Wildman–Crippen MR) is 95.6 cm³/mol. The normalized spacial score (nSPS) is 18.9. The maximum atomic E-state index is 13.3. The molecule has 0 aliphatic carbocycles. The molecule has 1 N–H and O–H groups in total. The van der Waals surface area contributed by atoms with E-state index in [2.05, 4.69) is 11.1 Å². The number of benzene rings is 2. The second-order valence-corrected chi connectivity index (χ2v) is 8.48. The third kappa shape index (κ3) is 2.85. The number of aromatic amines is 1. The number of para-hydroxylation sites is 1. The van der Waals surface area contributed by atoms with Crippen molar-refractivity contribution >= 4 is 20.9 Å². The van der Waals surface area contributed by atoms with Crippen LogP contribution in [0.25, 0.3) is 10.9 Å². The average molecular weight is 358 g/mol. The van der Waals surface area contributed by atoms with Gasteiger partial charge in [0.15, 0.2) is 0 Å². The third-order valence-corrected chi connectivity index (χ3v) is 6.92. The van der Waals surface area contributed by atoms with Crippen LogP contribution in [0, 0.1) is 12.7 Å². The molecule has 0 spiro atoms. The first-order valence-electron chi connectivity index (χ1n) is 8.29. The molecular formula is C19H19FN2O2S. The maximum absolute atomic E-state index is 13.3. The van der Waals surface area contributed by atoms with Gasteiger partial charge in [-0.3, -0.25) is 0 Å². The lowest BCUT2D eigenvalue weighted by atomic mass is 10.1. The van der Waals surface area contributed by atoms with Crippen molar-refractivity contribution in [2.75, 3.05) is 13.1 Å². The standard InChI is InChI=1S/C19H19FN2O2S/c1-13-10-16(20)6-7-19(13)25(23,24)22-9-8-15(12-22)18-11-14-4-2-3-5-17(14)21-18/h2-7,10-11,15,21H,8-9,12H2,1H3. The van der Waals surface area contributed by atoms with Gasteiger partial charge in [-0.25, -0.2) is 12.8 Å². The molecule has 0 radical (unpaired) electrons. The molecule has 6 heteroatoms. The second kappa shape index (κ2) is 5.97. The van der Waals surface area contributed by atoms with Crippen molar-refractivity contribution in [3.63, 3.8) is 0 Å². The van der Waals surface area contributed by atoms with Crippen molar-refractivity contribution in [2.45, 2.75) is 24.2 Å². The van der Waals surface area contributed by atoms with E-state index < -0.39 is 15.8 Å². The molecule has 130 valence electrons. The van der Waals surface area contributed by atoms with Crippen LogP contribution in [-0.4, -0.2) is 30.8 Å². The van der Waals surface area contributed by atoms with E-state index in [1.807, 2.05) is 24.3 Å². The van der Waals surface area contributed by atoms with Crippen LogP contribution < -0.4 is 0 Å². The molecule has 25 heavy (non-hydrogen) atoms. The maximum Gasteiger partial charge on any atom is 0.243 e. The van der Waals surface area contributed by atoms with Crippen LogP contribution in [0.5, 0.6) is 0 Å². The second-order valence-electron chi connectivity index (χ2n) is 6.57. The molecule has 1 fully saturated rings. The molecule has 3 aromatic rings. The molecule has 1 aliphatic rings. The Morgan fingerprint density at radius 2 is 1.96 bits per heavy atom. The summed E-state index contributed by atoms with van der Waals surface area (Å²) in [6.45, 7) is 2.53. The third-order valence-electron chi connectivity index (χ3n) is 4.90. The van der Waals surface area contributed by atoms with Crippen LogP contribution in [0.1, 0.15) is 23.6 Å². The lowest BCUT2D eigenvalue weighted by Gasteiger charge is -2.18. The first kappa shape index (κ1) is 16.3. The van der Waals surface area contributed by atoms with Crippen molar-refractivity contribution in [3.05, 3.63) is 65.6 Å². The van der Waals surface area contributed by atoms with Crippen molar-refractivity contribution in [1.29, 1.82) is 0 Å². The van der Waals surface area contributed by atoms with Crippen molar-refractivity contribution in [3.8, 4) is 0 Å². The largest absolute Gasteiger partial charge is 0.358 e. The highest BCUT2D eigenvalue weighted by Crippen LogP contribution is 2.33. The van der Waals surface area contributed by atoms with E-state index in [4.69, 9.17) is 0 Å².